The molecule has 3 aromatic rings. The second-order valence-electron chi connectivity index (χ2n) is 6.96. The number of ether oxygens (including phenoxy) is 1. The minimum Gasteiger partial charge on any atom is -0.506 e. The summed E-state index contributed by atoms with van der Waals surface area (Å²) in [6.45, 7) is 3.19. The highest BCUT2D eigenvalue weighted by Crippen LogP contribution is 2.34. The van der Waals surface area contributed by atoms with Crippen molar-refractivity contribution >= 4 is 29.1 Å². The fraction of sp³-hybridized carbons (Fsp3) is 0.200. The number of carbonyl (C=O) groups excluding carboxylic acids is 1. The first-order valence-electron chi connectivity index (χ1n) is 8.75. The molecule has 2 aromatic carbocycles. The number of hydrogen-bond acceptors (Lipinski definition) is 4. The first-order valence-corrected chi connectivity index (χ1v) is 9.13. The lowest BCUT2D eigenvalue weighted by Gasteiger charge is -2.36. The van der Waals surface area contributed by atoms with E-state index in [4.69, 9.17) is 16.3 Å². The number of urea groups is 1. The summed E-state index contributed by atoms with van der Waals surface area (Å²) >= 11 is 6.05. The van der Waals surface area contributed by atoms with Gasteiger partial charge in [-0.2, -0.15) is 5.10 Å². The van der Waals surface area contributed by atoms with Crippen molar-refractivity contribution in [3.05, 3.63) is 65.3 Å². The smallest absolute Gasteiger partial charge is 0.324 e. The van der Waals surface area contributed by atoms with E-state index in [0.29, 0.717) is 30.4 Å². The van der Waals surface area contributed by atoms with Crippen molar-refractivity contribution in [1.82, 2.24) is 9.78 Å². The number of amides is 2. The molecule has 1 saturated heterocycles. The molecular formula is C20H19ClN4O3. The Kier molecular flexibility index (Phi) is 4.70. The molecule has 4 rings (SSSR count). The third kappa shape index (κ3) is 3.54. The van der Waals surface area contributed by atoms with E-state index in [9.17, 15) is 9.90 Å². The number of halogens is 1. The van der Waals surface area contributed by atoms with Crippen molar-refractivity contribution in [3.8, 4) is 11.4 Å². The van der Waals surface area contributed by atoms with E-state index in [-0.39, 0.29) is 16.2 Å². The molecule has 0 atom stereocenters. The van der Waals surface area contributed by atoms with Crippen molar-refractivity contribution in [2.45, 2.75) is 12.3 Å². The van der Waals surface area contributed by atoms with Crippen LogP contribution in [0.25, 0.3) is 5.69 Å². The second-order valence-corrected chi connectivity index (χ2v) is 7.37. The number of aromatic hydroxyl groups is 1. The summed E-state index contributed by atoms with van der Waals surface area (Å²) in [4.78, 5) is 12.5. The Labute approximate surface area is 166 Å². The first kappa shape index (κ1) is 18.3. The number of hydrogen-bond donors (Lipinski definition) is 3. The topological polar surface area (TPSA) is 88.4 Å². The molecule has 1 aromatic heterocycles. The number of phenols is 1. The molecule has 1 aliphatic heterocycles. The largest absolute Gasteiger partial charge is 0.506 e. The quantitative estimate of drug-likeness (QED) is 0.615. The Bertz CT molecular complexity index is 1020. The van der Waals surface area contributed by atoms with Crippen molar-refractivity contribution < 1.29 is 14.6 Å². The van der Waals surface area contributed by atoms with E-state index in [0.717, 1.165) is 5.69 Å². The van der Waals surface area contributed by atoms with Gasteiger partial charge in [-0.15, -0.1) is 0 Å². The number of anilines is 2. The standard InChI is InChI=1S/C20H19ClN4O3/c1-20(11-28-12-20)17-10-18(23-19(27)22-13-5-3-2-4-6-13)25(24-17)14-7-8-16(26)15(21)9-14/h2-10,26H,11-12H2,1H3,(H2,22,23,27). The molecule has 2 heterocycles. The number of aromatic nitrogens is 2. The Morgan fingerprint density at radius 2 is 1.93 bits per heavy atom. The average Bonchev–Trinajstić information content (AvgIpc) is 3.06. The molecule has 0 unspecified atom stereocenters. The van der Waals surface area contributed by atoms with Gasteiger partial charge in [-0.1, -0.05) is 29.8 Å². The highest BCUT2D eigenvalue weighted by atomic mass is 35.5. The number of nitrogens with one attached hydrogen (secondary N) is 2. The van der Waals surface area contributed by atoms with Gasteiger partial charge in [0.15, 0.2) is 0 Å². The summed E-state index contributed by atoms with van der Waals surface area (Å²) < 4.78 is 6.93. The minimum absolute atomic E-state index is 0.0199. The maximum atomic E-state index is 12.5. The Morgan fingerprint density at radius 3 is 2.57 bits per heavy atom. The molecule has 1 aliphatic rings. The van der Waals surface area contributed by atoms with Gasteiger partial charge in [0, 0.05) is 11.8 Å². The number of benzene rings is 2. The third-order valence-electron chi connectivity index (χ3n) is 4.62. The molecule has 0 bridgehead atoms. The predicted octanol–water partition coefficient (Wildman–Crippen LogP) is 4.16. The van der Waals surface area contributed by atoms with Crippen molar-refractivity contribution in [1.29, 1.82) is 0 Å². The number of rotatable bonds is 4. The van der Waals surface area contributed by atoms with Gasteiger partial charge < -0.3 is 15.2 Å². The lowest BCUT2D eigenvalue weighted by Crippen LogP contribution is -2.44. The molecule has 0 radical (unpaired) electrons. The monoisotopic (exact) mass is 398 g/mol. The van der Waals surface area contributed by atoms with Crippen LogP contribution < -0.4 is 10.6 Å². The van der Waals surface area contributed by atoms with E-state index >= 15 is 0 Å². The summed E-state index contributed by atoms with van der Waals surface area (Å²) in [6, 6.07) is 15.4. The van der Waals surface area contributed by atoms with Crippen LogP contribution in [0.5, 0.6) is 5.75 Å². The zero-order valence-corrected chi connectivity index (χ0v) is 15.9. The SMILES string of the molecule is CC1(c2cc(NC(=O)Nc3ccccc3)n(-c3ccc(O)c(Cl)c3)n2)COC1. The van der Waals surface area contributed by atoms with Gasteiger partial charge >= 0.3 is 6.03 Å². The van der Waals surface area contributed by atoms with Crippen LogP contribution in [0.3, 0.4) is 0 Å². The van der Waals surface area contributed by atoms with Gasteiger partial charge in [0.25, 0.3) is 0 Å². The van der Waals surface area contributed by atoms with Crippen LogP contribution in [0.4, 0.5) is 16.3 Å². The normalized spacial score (nSPS) is 14.9. The first-order chi connectivity index (χ1) is 13.4. The van der Waals surface area contributed by atoms with Crippen molar-refractivity contribution in [2.24, 2.45) is 0 Å². The molecule has 0 saturated carbocycles. The fourth-order valence-corrected chi connectivity index (χ4v) is 3.12. The van der Waals surface area contributed by atoms with Gasteiger partial charge in [-0.25, -0.2) is 9.48 Å². The molecule has 1 fully saturated rings. The van der Waals surface area contributed by atoms with Crippen LogP contribution in [0.15, 0.2) is 54.6 Å². The van der Waals surface area contributed by atoms with E-state index in [1.807, 2.05) is 24.3 Å². The number of nitrogens with zero attached hydrogens (tertiary/aromatic N) is 2. The fourth-order valence-electron chi connectivity index (χ4n) is 2.95. The van der Waals surface area contributed by atoms with Gasteiger partial charge in [-0.3, -0.25) is 5.32 Å². The second kappa shape index (κ2) is 7.18. The summed E-state index contributed by atoms with van der Waals surface area (Å²) in [5.41, 5.74) is 1.89. The van der Waals surface area contributed by atoms with Crippen LogP contribution in [0, 0.1) is 0 Å². The molecule has 7 nitrogen and oxygen atoms in total. The van der Waals surface area contributed by atoms with Crippen molar-refractivity contribution in [2.75, 3.05) is 23.8 Å². The highest BCUT2D eigenvalue weighted by Gasteiger charge is 2.38. The molecule has 2 amide bonds. The van der Waals surface area contributed by atoms with E-state index in [2.05, 4.69) is 22.7 Å². The lowest BCUT2D eigenvalue weighted by molar-refractivity contribution is -0.0522. The number of para-hydroxylation sites is 1. The average molecular weight is 399 g/mol. The van der Waals surface area contributed by atoms with Gasteiger partial charge in [0.2, 0.25) is 0 Å². The van der Waals surface area contributed by atoms with E-state index in [1.165, 1.54) is 6.07 Å². The van der Waals surface area contributed by atoms with Crippen LogP contribution in [-0.4, -0.2) is 34.1 Å². The Hall–Kier alpha value is -3.03. The minimum atomic E-state index is -0.390. The molecule has 8 heteroatoms. The zero-order chi connectivity index (χ0) is 19.7. The maximum Gasteiger partial charge on any atom is 0.324 e. The van der Waals surface area contributed by atoms with E-state index < -0.39 is 6.03 Å². The van der Waals surface area contributed by atoms with Crippen LogP contribution in [0.2, 0.25) is 5.02 Å². The molecule has 0 spiro atoms. The Balaban J connectivity index is 1.66. The van der Waals surface area contributed by atoms with Crippen LogP contribution in [0.1, 0.15) is 12.6 Å². The summed E-state index contributed by atoms with van der Waals surface area (Å²) in [6.07, 6.45) is 0. The molecular weight excluding hydrogens is 380 g/mol. The molecule has 0 aliphatic carbocycles. The molecule has 144 valence electrons. The summed E-state index contributed by atoms with van der Waals surface area (Å²) in [5.74, 6) is 0.465. The van der Waals surface area contributed by atoms with Gasteiger partial charge in [0.05, 0.1) is 35.0 Å². The van der Waals surface area contributed by atoms with E-state index in [1.54, 1.807) is 28.9 Å². The van der Waals surface area contributed by atoms with Gasteiger partial charge in [-0.05, 0) is 37.3 Å². The highest BCUT2D eigenvalue weighted by molar-refractivity contribution is 6.32. The molecule has 3 N–H and O–H groups in total. The number of phenolic OH excluding ortho intramolecular Hbond substituents is 1. The predicted molar refractivity (Wildman–Crippen MR) is 107 cm³/mol. The molecule has 28 heavy (non-hydrogen) atoms. The third-order valence-corrected chi connectivity index (χ3v) is 4.92. The summed E-state index contributed by atoms with van der Waals surface area (Å²) in [7, 11) is 0. The summed E-state index contributed by atoms with van der Waals surface area (Å²) in [5, 5.41) is 20.2. The van der Waals surface area contributed by atoms with Crippen molar-refractivity contribution in [3.63, 3.8) is 0 Å². The Morgan fingerprint density at radius 1 is 1.18 bits per heavy atom. The van der Waals surface area contributed by atoms with Gasteiger partial charge in [0.1, 0.15) is 11.6 Å². The number of carbonyl (C=O) groups is 1. The zero-order valence-electron chi connectivity index (χ0n) is 15.1. The lowest BCUT2D eigenvalue weighted by atomic mass is 9.85. The maximum absolute atomic E-state index is 12.5. The van der Waals surface area contributed by atoms with Crippen LogP contribution in [-0.2, 0) is 10.2 Å². The van der Waals surface area contributed by atoms with Crippen LogP contribution >= 0.6 is 11.6 Å².